The molecule has 0 bridgehead atoms. The lowest BCUT2D eigenvalue weighted by molar-refractivity contribution is -0.122. The van der Waals surface area contributed by atoms with Crippen LogP contribution >= 0.6 is 11.6 Å². The molecule has 1 aromatic carbocycles. The summed E-state index contributed by atoms with van der Waals surface area (Å²) in [5.41, 5.74) is 1.08. The van der Waals surface area contributed by atoms with E-state index in [9.17, 15) is 4.79 Å². The van der Waals surface area contributed by atoms with Crippen LogP contribution in [0.15, 0.2) is 24.3 Å². The van der Waals surface area contributed by atoms with E-state index < -0.39 is 0 Å². The summed E-state index contributed by atoms with van der Waals surface area (Å²) in [4.78, 5) is 12.4. The highest BCUT2D eigenvalue weighted by atomic mass is 35.5. The standard InChI is InChI=1S/C18H21ClN4O/c19-15-7-4-3-6-12(15)13-10-14(13)18(24)20-11-17-22-21-16-8-2-1-5-9-23(16)17/h3-4,6-7,13-14H,1-2,5,8-11H2,(H,20,24). The summed E-state index contributed by atoms with van der Waals surface area (Å²) >= 11 is 6.23. The number of fused-ring (bicyclic) bond motifs is 1. The van der Waals surface area contributed by atoms with Crippen molar-refractivity contribution in [2.24, 2.45) is 5.92 Å². The van der Waals surface area contributed by atoms with Crippen molar-refractivity contribution in [2.75, 3.05) is 0 Å². The quantitative estimate of drug-likeness (QED) is 0.927. The number of aryl methyl sites for hydroxylation is 1. The van der Waals surface area contributed by atoms with Gasteiger partial charge in [0.2, 0.25) is 5.91 Å². The van der Waals surface area contributed by atoms with Crippen molar-refractivity contribution in [3.63, 3.8) is 0 Å². The maximum absolute atomic E-state index is 12.4. The average molecular weight is 345 g/mol. The molecule has 2 heterocycles. The molecule has 6 heteroatoms. The first-order chi connectivity index (χ1) is 11.7. The monoisotopic (exact) mass is 344 g/mol. The summed E-state index contributed by atoms with van der Waals surface area (Å²) in [5.74, 6) is 2.28. The Bertz CT molecular complexity index is 757. The molecule has 4 rings (SSSR count). The molecule has 2 unspecified atom stereocenters. The fourth-order valence-electron chi connectivity index (χ4n) is 3.58. The summed E-state index contributed by atoms with van der Waals surface area (Å²) in [7, 11) is 0. The summed E-state index contributed by atoms with van der Waals surface area (Å²) in [6.07, 6.45) is 5.41. The van der Waals surface area contributed by atoms with Gasteiger partial charge in [0.25, 0.3) is 0 Å². The molecule has 0 radical (unpaired) electrons. The van der Waals surface area contributed by atoms with Gasteiger partial charge in [-0.05, 0) is 36.8 Å². The highest BCUT2D eigenvalue weighted by molar-refractivity contribution is 6.31. The number of aromatic nitrogens is 3. The van der Waals surface area contributed by atoms with Crippen molar-refractivity contribution in [1.82, 2.24) is 20.1 Å². The Hall–Kier alpha value is -1.88. The molecular weight excluding hydrogens is 324 g/mol. The van der Waals surface area contributed by atoms with Gasteiger partial charge < -0.3 is 9.88 Å². The summed E-state index contributed by atoms with van der Waals surface area (Å²) in [6.45, 7) is 1.41. The molecule has 1 aromatic heterocycles. The van der Waals surface area contributed by atoms with E-state index in [0.717, 1.165) is 48.0 Å². The van der Waals surface area contributed by atoms with Crippen LogP contribution in [0.5, 0.6) is 0 Å². The molecule has 0 saturated heterocycles. The van der Waals surface area contributed by atoms with E-state index in [0.29, 0.717) is 6.54 Å². The highest BCUT2D eigenvalue weighted by Gasteiger charge is 2.44. The minimum absolute atomic E-state index is 0.0245. The van der Waals surface area contributed by atoms with Crippen LogP contribution in [0.1, 0.15) is 48.8 Å². The van der Waals surface area contributed by atoms with Gasteiger partial charge in [-0.1, -0.05) is 36.2 Å². The third-order valence-electron chi connectivity index (χ3n) is 5.04. The van der Waals surface area contributed by atoms with Crippen LogP contribution in [0.4, 0.5) is 0 Å². The van der Waals surface area contributed by atoms with Gasteiger partial charge in [-0.3, -0.25) is 4.79 Å². The first-order valence-corrected chi connectivity index (χ1v) is 9.05. The van der Waals surface area contributed by atoms with Crippen molar-refractivity contribution in [2.45, 2.75) is 51.1 Å². The number of hydrogen-bond acceptors (Lipinski definition) is 3. The van der Waals surface area contributed by atoms with Crippen molar-refractivity contribution >= 4 is 17.5 Å². The highest BCUT2D eigenvalue weighted by Crippen LogP contribution is 2.49. The van der Waals surface area contributed by atoms with Crippen LogP contribution in [0, 0.1) is 5.92 Å². The van der Waals surface area contributed by atoms with Crippen molar-refractivity contribution in [1.29, 1.82) is 0 Å². The number of rotatable bonds is 4. The number of benzene rings is 1. The van der Waals surface area contributed by atoms with Gasteiger partial charge in [-0.2, -0.15) is 0 Å². The van der Waals surface area contributed by atoms with E-state index in [1.807, 2.05) is 24.3 Å². The molecule has 1 aliphatic carbocycles. The summed E-state index contributed by atoms with van der Waals surface area (Å²) in [6, 6.07) is 7.79. The zero-order valence-corrected chi connectivity index (χ0v) is 14.3. The number of hydrogen-bond donors (Lipinski definition) is 1. The predicted octanol–water partition coefficient (Wildman–Crippen LogP) is 3.08. The molecule has 126 valence electrons. The van der Waals surface area contributed by atoms with Gasteiger partial charge in [0.1, 0.15) is 5.82 Å². The van der Waals surface area contributed by atoms with Crippen molar-refractivity contribution < 1.29 is 4.79 Å². The smallest absolute Gasteiger partial charge is 0.224 e. The Morgan fingerprint density at radius 2 is 2.12 bits per heavy atom. The van der Waals surface area contributed by atoms with Crippen LogP contribution in [-0.2, 0) is 24.3 Å². The maximum Gasteiger partial charge on any atom is 0.224 e. The molecule has 24 heavy (non-hydrogen) atoms. The van der Waals surface area contributed by atoms with Crippen LogP contribution in [0.3, 0.4) is 0 Å². The second kappa shape index (κ2) is 6.55. The predicted molar refractivity (Wildman–Crippen MR) is 91.7 cm³/mol. The minimum atomic E-state index is 0.0245. The molecular formula is C18H21ClN4O. The molecule has 1 aliphatic heterocycles. The zero-order valence-electron chi connectivity index (χ0n) is 13.5. The second-order valence-electron chi connectivity index (χ2n) is 6.68. The SMILES string of the molecule is O=C(NCc1nnc2n1CCCCC2)C1CC1c1ccccc1Cl. The molecule has 1 saturated carbocycles. The van der Waals surface area contributed by atoms with Gasteiger partial charge in [0.05, 0.1) is 6.54 Å². The number of nitrogens with one attached hydrogen (secondary N) is 1. The lowest BCUT2D eigenvalue weighted by atomic mass is 10.1. The Balaban J connectivity index is 1.37. The molecule has 0 spiro atoms. The Morgan fingerprint density at radius 3 is 3.00 bits per heavy atom. The first-order valence-electron chi connectivity index (χ1n) is 8.67. The lowest BCUT2D eigenvalue weighted by Gasteiger charge is -2.08. The molecule has 1 fully saturated rings. The molecule has 1 amide bonds. The number of carbonyl (C=O) groups excluding carboxylic acids is 1. The number of carbonyl (C=O) groups is 1. The van der Waals surface area contributed by atoms with Gasteiger partial charge in [0.15, 0.2) is 5.82 Å². The fraction of sp³-hybridized carbons (Fsp3) is 0.500. The van der Waals surface area contributed by atoms with Crippen LogP contribution in [-0.4, -0.2) is 20.7 Å². The largest absolute Gasteiger partial charge is 0.349 e. The maximum atomic E-state index is 12.4. The van der Waals surface area contributed by atoms with Gasteiger partial charge in [-0.15, -0.1) is 10.2 Å². The molecule has 5 nitrogen and oxygen atoms in total. The van der Waals surface area contributed by atoms with Crippen LogP contribution in [0.2, 0.25) is 5.02 Å². The average Bonchev–Trinajstić information content (AvgIpc) is 3.34. The van der Waals surface area contributed by atoms with E-state index in [1.165, 1.54) is 12.8 Å². The number of nitrogens with zero attached hydrogens (tertiary/aromatic N) is 3. The van der Waals surface area contributed by atoms with Gasteiger partial charge in [-0.25, -0.2) is 0 Å². The first kappa shape index (κ1) is 15.6. The third-order valence-corrected chi connectivity index (χ3v) is 5.38. The Morgan fingerprint density at radius 1 is 1.25 bits per heavy atom. The number of amides is 1. The number of halogens is 1. The fourth-order valence-corrected chi connectivity index (χ4v) is 3.85. The molecule has 2 aliphatic rings. The summed E-state index contributed by atoms with van der Waals surface area (Å²) < 4.78 is 2.17. The zero-order chi connectivity index (χ0) is 16.5. The van der Waals surface area contributed by atoms with Crippen molar-refractivity contribution in [3.8, 4) is 0 Å². The van der Waals surface area contributed by atoms with E-state index >= 15 is 0 Å². The van der Waals surface area contributed by atoms with E-state index in [4.69, 9.17) is 11.6 Å². The van der Waals surface area contributed by atoms with E-state index in [-0.39, 0.29) is 17.7 Å². The Labute approximate surface area is 146 Å². The van der Waals surface area contributed by atoms with E-state index in [2.05, 4.69) is 20.1 Å². The summed E-state index contributed by atoms with van der Waals surface area (Å²) in [5, 5.41) is 12.3. The van der Waals surface area contributed by atoms with Gasteiger partial charge >= 0.3 is 0 Å². The second-order valence-corrected chi connectivity index (χ2v) is 7.09. The van der Waals surface area contributed by atoms with Crippen LogP contribution in [0.25, 0.3) is 0 Å². The normalized spacial score (nSPS) is 22.5. The van der Waals surface area contributed by atoms with Crippen LogP contribution < -0.4 is 5.32 Å². The Kier molecular flexibility index (Phi) is 4.27. The minimum Gasteiger partial charge on any atom is -0.349 e. The third kappa shape index (κ3) is 3.05. The lowest BCUT2D eigenvalue weighted by Crippen LogP contribution is -2.26. The topological polar surface area (TPSA) is 59.8 Å². The van der Waals surface area contributed by atoms with Gasteiger partial charge in [0, 0.05) is 23.9 Å². The van der Waals surface area contributed by atoms with E-state index in [1.54, 1.807) is 0 Å². The molecule has 2 aromatic rings. The molecule has 1 N–H and O–H groups in total. The molecule has 2 atom stereocenters. The van der Waals surface area contributed by atoms with Crippen molar-refractivity contribution in [3.05, 3.63) is 46.5 Å².